The highest BCUT2D eigenvalue weighted by Gasteiger charge is 2.17. The van der Waals surface area contributed by atoms with Crippen LogP contribution in [0.5, 0.6) is 0 Å². The van der Waals surface area contributed by atoms with Crippen molar-refractivity contribution in [3.63, 3.8) is 0 Å². The third-order valence-corrected chi connectivity index (χ3v) is 7.50. The molecule has 2 N–H and O–H groups in total. The lowest BCUT2D eigenvalue weighted by atomic mass is 10.2. The van der Waals surface area contributed by atoms with E-state index in [0.717, 1.165) is 34.8 Å². The van der Waals surface area contributed by atoms with Crippen molar-refractivity contribution in [1.82, 2.24) is 4.98 Å². The van der Waals surface area contributed by atoms with Gasteiger partial charge in [-0.15, -0.1) is 11.3 Å². The first-order valence-electron chi connectivity index (χ1n) is 8.05. The largest absolute Gasteiger partial charge is 0.298 e. The van der Waals surface area contributed by atoms with Crippen LogP contribution in [0.4, 0.5) is 19.6 Å². The Morgan fingerprint density at radius 2 is 1.83 bits per heavy atom. The molecule has 4 rings (SSSR count). The highest BCUT2D eigenvalue weighted by molar-refractivity contribution is 7.94. The highest BCUT2D eigenvalue weighted by atomic mass is 32.2. The fraction of sp³-hybridized carbons (Fsp3) is 0. The second-order valence-electron chi connectivity index (χ2n) is 5.83. The Hall–Kier alpha value is -2.89. The minimum Gasteiger partial charge on any atom is -0.298 e. The number of carbonyl (C=O) groups excluding carboxylic acids is 1. The lowest BCUT2D eigenvalue weighted by Gasteiger charge is -2.08. The highest BCUT2D eigenvalue weighted by Crippen LogP contribution is 2.28. The van der Waals surface area contributed by atoms with Crippen LogP contribution in [-0.4, -0.2) is 19.3 Å². The van der Waals surface area contributed by atoms with Crippen molar-refractivity contribution in [3.05, 3.63) is 71.1 Å². The molecule has 0 aliphatic heterocycles. The number of hydrogen-bond donors (Lipinski definition) is 2. The van der Waals surface area contributed by atoms with Gasteiger partial charge in [-0.1, -0.05) is 23.5 Å². The van der Waals surface area contributed by atoms with Gasteiger partial charge in [0, 0.05) is 17.3 Å². The maximum Gasteiger partial charge on any atom is 0.271 e. The number of halogens is 2. The van der Waals surface area contributed by atoms with Gasteiger partial charge in [0.2, 0.25) is 0 Å². The predicted octanol–water partition coefficient (Wildman–Crippen LogP) is 4.69. The zero-order valence-corrected chi connectivity index (χ0v) is 16.8. The number of rotatable bonds is 5. The summed E-state index contributed by atoms with van der Waals surface area (Å²) in [5, 5.41) is 4.37. The number of nitrogens with one attached hydrogen (secondary N) is 2. The molecule has 0 atom stereocenters. The van der Waals surface area contributed by atoms with Crippen molar-refractivity contribution in [2.45, 2.75) is 4.21 Å². The van der Waals surface area contributed by atoms with Gasteiger partial charge in [-0.3, -0.25) is 14.8 Å². The van der Waals surface area contributed by atoms with E-state index in [1.165, 1.54) is 30.3 Å². The van der Waals surface area contributed by atoms with Crippen molar-refractivity contribution in [3.8, 4) is 0 Å². The fourth-order valence-electron chi connectivity index (χ4n) is 2.49. The first kappa shape index (κ1) is 19.4. The molecule has 6 nitrogen and oxygen atoms in total. The van der Waals surface area contributed by atoms with Crippen molar-refractivity contribution in [2.75, 3.05) is 10.0 Å². The number of nitrogens with zero attached hydrogens (tertiary/aromatic N) is 1. The Bertz CT molecular complexity index is 1280. The van der Waals surface area contributed by atoms with Gasteiger partial charge in [-0.2, -0.15) is 0 Å². The van der Waals surface area contributed by atoms with Gasteiger partial charge in [-0.25, -0.2) is 22.2 Å². The van der Waals surface area contributed by atoms with Crippen molar-refractivity contribution in [1.29, 1.82) is 0 Å². The van der Waals surface area contributed by atoms with Crippen LogP contribution < -0.4 is 10.0 Å². The first-order chi connectivity index (χ1) is 13.8. The van der Waals surface area contributed by atoms with E-state index in [0.29, 0.717) is 4.70 Å². The Kier molecular flexibility index (Phi) is 5.03. The number of anilines is 2. The number of fused-ring (bicyclic) bond motifs is 1. The summed E-state index contributed by atoms with van der Waals surface area (Å²) in [6.45, 7) is 0. The summed E-state index contributed by atoms with van der Waals surface area (Å²) in [5.41, 5.74) is 0.633. The molecule has 2 heterocycles. The summed E-state index contributed by atoms with van der Waals surface area (Å²) in [7, 11) is -3.74. The molecule has 2 aromatic heterocycles. The summed E-state index contributed by atoms with van der Waals surface area (Å²) in [6.07, 6.45) is 0. The molecule has 0 unspecified atom stereocenters. The zero-order valence-electron chi connectivity index (χ0n) is 14.3. The zero-order chi connectivity index (χ0) is 20.6. The van der Waals surface area contributed by atoms with Crippen LogP contribution >= 0.6 is 22.7 Å². The summed E-state index contributed by atoms with van der Waals surface area (Å²) in [6, 6.07) is 11.0. The van der Waals surface area contributed by atoms with Gasteiger partial charge in [0.25, 0.3) is 15.9 Å². The molecule has 0 fully saturated rings. The van der Waals surface area contributed by atoms with Crippen LogP contribution in [0.25, 0.3) is 10.2 Å². The van der Waals surface area contributed by atoms with Gasteiger partial charge in [0.05, 0.1) is 10.2 Å². The SMILES string of the molecule is O=C(Nc1nc2cc(F)c(F)cc2s1)c1cccc(NS(=O)(=O)c2cccs2)c1. The number of hydrogen-bond acceptors (Lipinski definition) is 6. The molecule has 1 amide bonds. The van der Waals surface area contributed by atoms with E-state index in [-0.39, 0.29) is 26.1 Å². The molecule has 29 heavy (non-hydrogen) atoms. The summed E-state index contributed by atoms with van der Waals surface area (Å²) >= 11 is 2.07. The second-order valence-corrected chi connectivity index (χ2v) is 9.71. The van der Waals surface area contributed by atoms with E-state index >= 15 is 0 Å². The van der Waals surface area contributed by atoms with Crippen LogP contribution in [0.1, 0.15) is 10.4 Å². The molecule has 0 saturated heterocycles. The third-order valence-electron chi connectivity index (χ3n) is 3.79. The summed E-state index contributed by atoms with van der Waals surface area (Å²) < 4.78 is 54.2. The number of benzene rings is 2. The minimum atomic E-state index is -3.74. The van der Waals surface area contributed by atoms with E-state index in [1.54, 1.807) is 11.4 Å². The molecule has 0 spiro atoms. The Morgan fingerprint density at radius 3 is 2.59 bits per heavy atom. The maximum atomic E-state index is 13.3. The van der Waals surface area contributed by atoms with E-state index in [4.69, 9.17) is 0 Å². The Labute approximate surface area is 171 Å². The van der Waals surface area contributed by atoms with E-state index in [9.17, 15) is 22.0 Å². The Balaban J connectivity index is 1.54. The van der Waals surface area contributed by atoms with Gasteiger partial charge in [0.15, 0.2) is 16.8 Å². The molecular weight excluding hydrogens is 440 g/mol. The average Bonchev–Trinajstić information content (AvgIpc) is 3.32. The third kappa shape index (κ3) is 4.11. The van der Waals surface area contributed by atoms with Crippen molar-refractivity contribution >= 4 is 59.6 Å². The molecule has 0 bridgehead atoms. The van der Waals surface area contributed by atoms with Crippen LogP contribution in [-0.2, 0) is 10.0 Å². The monoisotopic (exact) mass is 451 g/mol. The van der Waals surface area contributed by atoms with Crippen LogP contribution in [0.3, 0.4) is 0 Å². The molecule has 0 saturated carbocycles. The normalized spacial score (nSPS) is 11.5. The lowest BCUT2D eigenvalue weighted by Crippen LogP contribution is -2.14. The van der Waals surface area contributed by atoms with Crippen molar-refractivity contribution < 1.29 is 22.0 Å². The molecular formula is C18H11F2N3O3S3. The number of amides is 1. The van der Waals surface area contributed by atoms with E-state index in [2.05, 4.69) is 15.0 Å². The van der Waals surface area contributed by atoms with Crippen LogP contribution in [0, 0.1) is 11.6 Å². The smallest absolute Gasteiger partial charge is 0.271 e. The predicted molar refractivity (Wildman–Crippen MR) is 109 cm³/mol. The molecule has 11 heteroatoms. The van der Waals surface area contributed by atoms with Crippen LogP contribution in [0.15, 0.2) is 58.1 Å². The summed E-state index contributed by atoms with van der Waals surface area (Å²) in [5.74, 6) is -2.56. The quantitative estimate of drug-likeness (QED) is 0.461. The molecule has 4 aromatic rings. The standard InChI is InChI=1S/C18H11F2N3O3S3/c19-12-8-14-15(9-13(12)20)28-18(21-14)22-17(24)10-3-1-4-11(7-10)23-29(25,26)16-5-2-6-27-16/h1-9,23H,(H,21,22,24). The average molecular weight is 452 g/mol. The van der Waals surface area contributed by atoms with Crippen molar-refractivity contribution in [2.24, 2.45) is 0 Å². The number of thiophene rings is 1. The molecule has 0 radical (unpaired) electrons. The number of thiazole rings is 1. The molecule has 2 aromatic carbocycles. The van der Waals surface area contributed by atoms with Gasteiger partial charge in [0.1, 0.15) is 4.21 Å². The number of carbonyl (C=O) groups is 1. The first-order valence-corrected chi connectivity index (χ1v) is 11.2. The maximum absolute atomic E-state index is 13.3. The molecule has 148 valence electrons. The minimum absolute atomic E-state index is 0.154. The van der Waals surface area contributed by atoms with Crippen LogP contribution in [0.2, 0.25) is 0 Å². The van der Waals surface area contributed by atoms with E-state index < -0.39 is 27.6 Å². The second kappa shape index (κ2) is 7.50. The van der Waals surface area contributed by atoms with Gasteiger partial charge < -0.3 is 0 Å². The summed E-state index contributed by atoms with van der Waals surface area (Å²) in [4.78, 5) is 16.6. The number of aromatic nitrogens is 1. The van der Waals surface area contributed by atoms with Gasteiger partial charge in [-0.05, 0) is 35.7 Å². The van der Waals surface area contributed by atoms with E-state index in [1.807, 2.05) is 0 Å². The lowest BCUT2D eigenvalue weighted by molar-refractivity contribution is 0.102. The van der Waals surface area contributed by atoms with Gasteiger partial charge >= 0.3 is 0 Å². The fourth-order valence-corrected chi connectivity index (χ4v) is 5.40. The topological polar surface area (TPSA) is 88.2 Å². The Morgan fingerprint density at radius 1 is 1.03 bits per heavy atom. The molecule has 0 aliphatic carbocycles. The number of sulfonamides is 1. The molecule has 0 aliphatic rings.